The SMILES string of the molecule is CC(C)(C)[C@H](c1cc(Br)cs1)N1CCNCC1.Cl.Cl. The van der Waals surface area contributed by atoms with Crippen LogP contribution in [-0.4, -0.2) is 31.1 Å². The first kappa shape index (κ1) is 19.7. The lowest BCUT2D eigenvalue weighted by molar-refractivity contribution is 0.0888. The standard InChI is InChI=1S/C13H21BrN2S.2ClH/c1-13(2,3)12(11-8-10(14)9-17-11)16-6-4-15-5-7-16;;/h8-9,12,15H,4-7H2,1-3H3;2*1H/t12-;;/m0../s1. The van der Waals surface area contributed by atoms with Crippen molar-refractivity contribution in [3.8, 4) is 0 Å². The molecule has 0 unspecified atom stereocenters. The highest BCUT2D eigenvalue weighted by molar-refractivity contribution is 9.10. The second kappa shape index (κ2) is 8.20. The van der Waals surface area contributed by atoms with Crippen molar-refractivity contribution in [3.05, 3.63) is 20.8 Å². The first-order valence-corrected chi connectivity index (χ1v) is 7.84. The molecule has 19 heavy (non-hydrogen) atoms. The Morgan fingerprint density at radius 1 is 1.26 bits per heavy atom. The van der Waals surface area contributed by atoms with Crippen molar-refractivity contribution < 1.29 is 0 Å². The van der Waals surface area contributed by atoms with E-state index >= 15 is 0 Å². The summed E-state index contributed by atoms with van der Waals surface area (Å²) in [6.07, 6.45) is 0. The monoisotopic (exact) mass is 388 g/mol. The summed E-state index contributed by atoms with van der Waals surface area (Å²) in [4.78, 5) is 4.10. The van der Waals surface area contributed by atoms with Gasteiger partial charge in [0.2, 0.25) is 0 Å². The van der Waals surface area contributed by atoms with Crippen molar-refractivity contribution in [1.82, 2.24) is 10.2 Å². The van der Waals surface area contributed by atoms with Crippen molar-refractivity contribution in [2.75, 3.05) is 26.2 Å². The molecule has 1 saturated heterocycles. The molecule has 0 aliphatic carbocycles. The summed E-state index contributed by atoms with van der Waals surface area (Å²) in [5.41, 5.74) is 0.279. The lowest BCUT2D eigenvalue weighted by atomic mass is 9.84. The van der Waals surface area contributed by atoms with E-state index in [1.807, 2.05) is 11.3 Å². The number of thiophene rings is 1. The molecule has 1 aliphatic heterocycles. The first-order chi connectivity index (χ1) is 7.98. The van der Waals surface area contributed by atoms with Gasteiger partial charge in [-0.25, -0.2) is 0 Å². The van der Waals surface area contributed by atoms with Crippen LogP contribution < -0.4 is 5.32 Å². The molecule has 6 heteroatoms. The van der Waals surface area contributed by atoms with Crippen LogP contribution in [0.5, 0.6) is 0 Å². The van der Waals surface area contributed by atoms with Gasteiger partial charge in [0.05, 0.1) is 0 Å². The minimum absolute atomic E-state index is 0. The third-order valence-corrected chi connectivity index (χ3v) is 4.94. The number of piperazine rings is 1. The lowest BCUT2D eigenvalue weighted by Gasteiger charge is -2.41. The van der Waals surface area contributed by atoms with Crippen molar-refractivity contribution in [2.24, 2.45) is 5.41 Å². The zero-order valence-corrected chi connectivity index (χ0v) is 15.6. The van der Waals surface area contributed by atoms with E-state index in [9.17, 15) is 0 Å². The Bertz CT molecular complexity index is 373. The van der Waals surface area contributed by atoms with E-state index in [-0.39, 0.29) is 30.2 Å². The summed E-state index contributed by atoms with van der Waals surface area (Å²) < 4.78 is 1.21. The van der Waals surface area contributed by atoms with Crippen LogP contribution in [0.3, 0.4) is 0 Å². The van der Waals surface area contributed by atoms with Gasteiger partial charge in [-0.2, -0.15) is 0 Å². The maximum absolute atomic E-state index is 3.57. The zero-order chi connectivity index (χ0) is 12.5. The fourth-order valence-electron chi connectivity index (χ4n) is 2.57. The molecule has 1 aromatic rings. The third-order valence-electron chi connectivity index (χ3n) is 3.19. The summed E-state index contributed by atoms with van der Waals surface area (Å²) in [6.45, 7) is 11.5. The molecule has 0 bridgehead atoms. The lowest BCUT2D eigenvalue weighted by Crippen LogP contribution is -2.48. The van der Waals surface area contributed by atoms with Crippen molar-refractivity contribution in [1.29, 1.82) is 0 Å². The quantitative estimate of drug-likeness (QED) is 0.808. The fraction of sp³-hybridized carbons (Fsp3) is 0.692. The summed E-state index contributed by atoms with van der Waals surface area (Å²) >= 11 is 5.44. The molecule has 0 radical (unpaired) electrons. The van der Waals surface area contributed by atoms with Gasteiger partial charge in [0, 0.05) is 47.0 Å². The maximum atomic E-state index is 3.57. The molecule has 112 valence electrons. The molecule has 0 spiro atoms. The molecule has 1 N–H and O–H groups in total. The summed E-state index contributed by atoms with van der Waals surface area (Å²) in [7, 11) is 0. The number of halogens is 3. The highest BCUT2D eigenvalue weighted by Gasteiger charge is 2.33. The second-order valence-electron chi connectivity index (χ2n) is 5.72. The van der Waals surface area contributed by atoms with Crippen LogP contribution in [0.25, 0.3) is 0 Å². The molecule has 2 heterocycles. The van der Waals surface area contributed by atoms with Gasteiger partial charge in [-0.3, -0.25) is 4.90 Å². The van der Waals surface area contributed by atoms with E-state index in [1.165, 1.54) is 9.35 Å². The second-order valence-corrected chi connectivity index (χ2v) is 7.58. The van der Waals surface area contributed by atoms with Crippen LogP contribution in [0.15, 0.2) is 15.9 Å². The van der Waals surface area contributed by atoms with E-state index in [0.29, 0.717) is 6.04 Å². The molecule has 1 fully saturated rings. The zero-order valence-electron chi connectivity index (χ0n) is 11.6. The van der Waals surface area contributed by atoms with Gasteiger partial charge < -0.3 is 5.32 Å². The molecule has 0 amide bonds. The molecular formula is C13H23BrCl2N2S. The molecule has 0 aromatic carbocycles. The van der Waals surface area contributed by atoms with E-state index < -0.39 is 0 Å². The number of rotatable bonds is 2. The van der Waals surface area contributed by atoms with Crippen LogP contribution in [0.2, 0.25) is 0 Å². The van der Waals surface area contributed by atoms with Gasteiger partial charge in [0.15, 0.2) is 0 Å². The highest BCUT2D eigenvalue weighted by atomic mass is 79.9. The number of nitrogens with zero attached hydrogens (tertiary/aromatic N) is 1. The summed E-state index contributed by atoms with van der Waals surface area (Å²) in [6, 6.07) is 2.81. The third kappa shape index (κ3) is 5.18. The van der Waals surface area contributed by atoms with Crippen LogP contribution in [0, 0.1) is 5.41 Å². The average Bonchev–Trinajstić information content (AvgIpc) is 2.64. The Morgan fingerprint density at radius 3 is 2.26 bits per heavy atom. The topological polar surface area (TPSA) is 15.3 Å². The molecule has 2 rings (SSSR count). The Balaban J connectivity index is 0.00000162. The molecule has 1 atom stereocenters. The molecule has 1 aliphatic rings. The Kier molecular flexibility index (Phi) is 8.50. The van der Waals surface area contributed by atoms with E-state index in [4.69, 9.17) is 0 Å². The van der Waals surface area contributed by atoms with E-state index in [1.54, 1.807) is 0 Å². The van der Waals surface area contributed by atoms with Gasteiger partial charge in [-0.05, 0) is 27.4 Å². The van der Waals surface area contributed by atoms with Gasteiger partial charge in [-0.1, -0.05) is 20.8 Å². The number of hydrogen-bond donors (Lipinski definition) is 1. The number of hydrogen-bond acceptors (Lipinski definition) is 3. The summed E-state index contributed by atoms with van der Waals surface area (Å²) in [5, 5.41) is 5.62. The molecular weight excluding hydrogens is 367 g/mol. The first-order valence-electron chi connectivity index (χ1n) is 6.17. The predicted molar refractivity (Wildman–Crippen MR) is 93.2 cm³/mol. The van der Waals surface area contributed by atoms with Crippen LogP contribution in [-0.2, 0) is 0 Å². The fourth-order valence-corrected chi connectivity index (χ4v) is 4.39. The minimum atomic E-state index is 0. The van der Waals surface area contributed by atoms with Gasteiger partial charge in [0.1, 0.15) is 0 Å². The highest BCUT2D eigenvalue weighted by Crippen LogP contribution is 2.41. The van der Waals surface area contributed by atoms with Crippen molar-refractivity contribution in [2.45, 2.75) is 26.8 Å². The smallest absolute Gasteiger partial charge is 0.0491 e. The van der Waals surface area contributed by atoms with Crippen molar-refractivity contribution >= 4 is 52.1 Å². The van der Waals surface area contributed by atoms with Crippen LogP contribution in [0.4, 0.5) is 0 Å². The minimum Gasteiger partial charge on any atom is -0.314 e. The predicted octanol–water partition coefficient (Wildman–Crippen LogP) is 4.35. The Labute approximate surface area is 141 Å². The molecule has 1 aromatic heterocycles. The Hall–Kier alpha value is 0.680. The van der Waals surface area contributed by atoms with Crippen LogP contribution in [0.1, 0.15) is 31.7 Å². The normalized spacial score (nSPS) is 18.3. The van der Waals surface area contributed by atoms with Crippen molar-refractivity contribution in [3.63, 3.8) is 0 Å². The van der Waals surface area contributed by atoms with Gasteiger partial charge in [0.25, 0.3) is 0 Å². The van der Waals surface area contributed by atoms with E-state index in [0.717, 1.165) is 26.2 Å². The van der Waals surface area contributed by atoms with Gasteiger partial charge >= 0.3 is 0 Å². The Morgan fingerprint density at radius 2 is 1.84 bits per heavy atom. The maximum Gasteiger partial charge on any atom is 0.0491 e. The molecule has 0 saturated carbocycles. The summed E-state index contributed by atoms with van der Waals surface area (Å²) in [5.74, 6) is 0. The molecule has 2 nitrogen and oxygen atoms in total. The van der Waals surface area contributed by atoms with Crippen LogP contribution >= 0.6 is 52.1 Å². The van der Waals surface area contributed by atoms with Gasteiger partial charge in [-0.15, -0.1) is 36.2 Å². The largest absolute Gasteiger partial charge is 0.314 e. The number of nitrogens with one attached hydrogen (secondary N) is 1. The average molecular weight is 390 g/mol. The van der Waals surface area contributed by atoms with E-state index in [2.05, 4.69) is 58.4 Å².